The van der Waals surface area contributed by atoms with Gasteiger partial charge in [-0.2, -0.15) is 0 Å². The van der Waals surface area contributed by atoms with E-state index in [9.17, 15) is 13.2 Å². The van der Waals surface area contributed by atoms with Crippen LogP contribution in [0.25, 0.3) is 0 Å². The van der Waals surface area contributed by atoms with Crippen LogP contribution in [0.3, 0.4) is 0 Å². The summed E-state index contributed by atoms with van der Waals surface area (Å²) >= 11 is 0. The van der Waals surface area contributed by atoms with E-state index in [1.807, 2.05) is 0 Å². The van der Waals surface area contributed by atoms with Crippen molar-refractivity contribution in [1.82, 2.24) is 4.72 Å². The number of rotatable bonds is 4. The third-order valence-electron chi connectivity index (χ3n) is 1.54. The molecule has 1 aromatic carbocycles. The SMILES string of the molecule is CS(=O)(=O)NCC(=O)c1cc[c]cc1. The van der Waals surface area contributed by atoms with Crippen LogP contribution < -0.4 is 4.72 Å². The molecule has 1 aromatic rings. The molecule has 0 unspecified atom stereocenters. The molecule has 0 saturated carbocycles. The lowest BCUT2D eigenvalue weighted by Crippen LogP contribution is -2.28. The summed E-state index contributed by atoms with van der Waals surface area (Å²) < 4.78 is 23.5. The fourth-order valence-corrected chi connectivity index (χ4v) is 1.26. The summed E-state index contributed by atoms with van der Waals surface area (Å²) in [6, 6.07) is 9.16. The van der Waals surface area contributed by atoms with Crippen LogP contribution in [0.5, 0.6) is 0 Å². The molecule has 0 aliphatic rings. The smallest absolute Gasteiger partial charge is 0.209 e. The third-order valence-corrected chi connectivity index (χ3v) is 2.20. The molecule has 0 fully saturated rings. The predicted molar refractivity (Wildman–Crippen MR) is 52.5 cm³/mol. The van der Waals surface area contributed by atoms with Crippen LogP contribution in [-0.4, -0.2) is 27.0 Å². The number of ketones is 1. The van der Waals surface area contributed by atoms with E-state index in [1.54, 1.807) is 24.3 Å². The van der Waals surface area contributed by atoms with Crippen molar-refractivity contribution < 1.29 is 13.2 Å². The van der Waals surface area contributed by atoms with E-state index in [-0.39, 0.29) is 12.3 Å². The molecule has 14 heavy (non-hydrogen) atoms. The lowest BCUT2D eigenvalue weighted by molar-refractivity contribution is 0.0997. The van der Waals surface area contributed by atoms with Crippen molar-refractivity contribution in [3.05, 3.63) is 35.9 Å². The average molecular weight is 212 g/mol. The number of hydrogen-bond acceptors (Lipinski definition) is 3. The summed E-state index contributed by atoms with van der Waals surface area (Å²) in [7, 11) is -3.31. The zero-order chi connectivity index (χ0) is 10.6. The van der Waals surface area contributed by atoms with Crippen molar-refractivity contribution in [2.45, 2.75) is 0 Å². The molecule has 0 bridgehead atoms. The third kappa shape index (κ3) is 3.68. The molecule has 0 atom stereocenters. The monoisotopic (exact) mass is 212 g/mol. The Kier molecular flexibility index (Phi) is 3.38. The van der Waals surface area contributed by atoms with Gasteiger partial charge >= 0.3 is 0 Å². The average Bonchev–Trinajstić information content (AvgIpc) is 2.14. The first-order chi connectivity index (χ1) is 6.49. The van der Waals surface area contributed by atoms with E-state index in [0.29, 0.717) is 5.56 Å². The summed E-state index contributed by atoms with van der Waals surface area (Å²) in [4.78, 5) is 11.4. The van der Waals surface area contributed by atoms with Crippen LogP contribution in [0.2, 0.25) is 0 Å². The Morgan fingerprint density at radius 3 is 2.50 bits per heavy atom. The maximum absolute atomic E-state index is 11.4. The maximum atomic E-state index is 11.4. The van der Waals surface area contributed by atoms with Gasteiger partial charge in [0, 0.05) is 5.56 Å². The van der Waals surface area contributed by atoms with Gasteiger partial charge in [-0.25, -0.2) is 13.1 Å². The Bertz CT molecular complexity index is 411. The van der Waals surface area contributed by atoms with Crippen LogP contribution in [0.4, 0.5) is 0 Å². The zero-order valence-corrected chi connectivity index (χ0v) is 8.47. The number of hydrogen-bond donors (Lipinski definition) is 1. The minimum absolute atomic E-state index is 0.206. The molecule has 0 aromatic heterocycles. The van der Waals surface area contributed by atoms with Gasteiger partial charge in [-0.15, -0.1) is 0 Å². The van der Waals surface area contributed by atoms with Gasteiger partial charge in [-0.3, -0.25) is 4.79 Å². The molecule has 75 valence electrons. The lowest BCUT2D eigenvalue weighted by atomic mass is 10.1. The van der Waals surface area contributed by atoms with Crippen molar-refractivity contribution in [1.29, 1.82) is 0 Å². The van der Waals surface area contributed by atoms with Gasteiger partial charge in [0.05, 0.1) is 12.8 Å². The fraction of sp³-hybridized carbons (Fsp3) is 0.222. The summed E-state index contributed by atoms with van der Waals surface area (Å²) in [5, 5.41) is 0. The van der Waals surface area contributed by atoms with E-state index in [4.69, 9.17) is 0 Å². The van der Waals surface area contributed by atoms with Crippen LogP contribution in [0.1, 0.15) is 10.4 Å². The first-order valence-electron chi connectivity index (χ1n) is 3.93. The van der Waals surface area contributed by atoms with Gasteiger partial charge in [0.1, 0.15) is 0 Å². The highest BCUT2D eigenvalue weighted by Gasteiger charge is 2.07. The second-order valence-electron chi connectivity index (χ2n) is 2.81. The number of sulfonamides is 1. The van der Waals surface area contributed by atoms with Crippen LogP contribution in [0.15, 0.2) is 24.3 Å². The molecular weight excluding hydrogens is 202 g/mol. The van der Waals surface area contributed by atoms with Gasteiger partial charge in [-0.05, 0) is 6.07 Å². The highest BCUT2D eigenvalue weighted by molar-refractivity contribution is 7.88. The largest absolute Gasteiger partial charge is 0.293 e. The summed E-state index contributed by atoms with van der Waals surface area (Å²) in [5.41, 5.74) is 0.472. The van der Waals surface area contributed by atoms with E-state index >= 15 is 0 Å². The number of nitrogens with one attached hydrogen (secondary N) is 1. The standard InChI is InChI=1S/C9H10NO3S/c1-14(12,13)10-7-9(11)8-5-3-2-4-6-8/h3-6,10H,7H2,1H3. The topological polar surface area (TPSA) is 63.2 Å². The first kappa shape index (κ1) is 10.9. The molecule has 0 aliphatic carbocycles. The molecule has 0 heterocycles. The normalized spacial score (nSPS) is 11.2. The summed E-state index contributed by atoms with van der Waals surface area (Å²) in [6.07, 6.45) is 1.01. The fourth-order valence-electron chi connectivity index (χ4n) is 0.871. The minimum Gasteiger partial charge on any atom is -0.293 e. The van der Waals surface area contributed by atoms with Gasteiger partial charge in [-0.1, -0.05) is 24.3 Å². The quantitative estimate of drug-likeness (QED) is 0.726. The van der Waals surface area contributed by atoms with Crippen molar-refractivity contribution in [2.24, 2.45) is 0 Å². The Hall–Kier alpha value is -1.20. The number of Topliss-reactive ketones (excluding diaryl/α,β-unsaturated/α-hetero) is 1. The van der Waals surface area contributed by atoms with E-state index in [0.717, 1.165) is 6.26 Å². The summed E-state index contributed by atoms with van der Waals surface area (Å²) in [5.74, 6) is -0.260. The highest BCUT2D eigenvalue weighted by Crippen LogP contribution is 1.98. The zero-order valence-electron chi connectivity index (χ0n) is 7.65. The maximum Gasteiger partial charge on any atom is 0.209 e. The molecule has 1 rings (SSSR count). The molecule has 0 saturated heterocycles. The van der Waals surface area contributed by atoms with Crippen LogP contribution >= 0.6 is 0 Å². The molecule has 0 aliphatic heterocycles. The first-order valence-corrected chi connectivity index (χ1v) is 5.82. The van der Waals surface area contributed by atoms with Crippen molar-refractivity contribution >= 4 is 15.8 Å². The van der Waals surface area contributed by atoms with Crippen LogP contribution in [0, 0.1) is 6.07 Å². The Labute approximate surface area is 83.0 Å². The second kappa shape index (κ2) is 4.34. The van der Waals surface area contributed by atoms with E-state index in [1.165, 1.54) is 0 Å². The Balaban J connectivity index is 2.61. The van der Waals surface area contributed by atoms with Crippen molar-refractivity contribution in [2.75, 3.05) is 12.8 Å². The Morgan fingerprint density at radius 2 is 2.00 bits per heavy atom. The van der Waals surface area contributed by atoms with Crippen molar-refractivity contribution in [3.63, 3.8) is 0 Å². The molecule has 0 spiro atoms. The predicted octanol–water partition coefficient (Wildman–Crippen LogP) is 0.219. The van der Waals surface area contributed by atoms with E-state index in [2.05, 4.69) is 10.8 Å². The number of carbonyl (C=O) groups is 1. The molecule has 4 nitrogen and oxygen atoms in total. The van der Waals surface area contributed by atoms with Crippen LogP contribution in [-0.2, 0) is 10.0 Å². The summed E-state index contributed by atoms with van der Waals surface area (Å²) in [6.45, 7) is -0.206. The van der Waals surface area contributed by atoms with Gasteiger partial charge in [0.25, 0.3) is 0 Å². The molecule has 5 heteroatoms. The minimum atomic E-state index is -3.31. The second-order valence-corrected chi connectivity index (χ2v) is 4.64. The number of benzene rings is 1. The molecule has 1 N–H and O–H groups in total. The van der Waals surface area contributed by atoms with Gasteiger partial charge in [0.2, 0.25) is 10.0 Å². The molecule has 0 amide bonds. The van der Waals surface area contributed by atoms with E-state index < -0.39 is 10.0 Å². The van der Waals surface area contributed by atoms with Gasteiger partial charge in [0.15, 0.2) is 5.78 Å². The molecule has 1 radical (unpaired) electrons. The van der Waals surface area contributed by atoms with Gasteiger partial charge < -0.3 is 0 Å². The highest BCUT2D eigenvalue weighted by atomic mass is 32.2. The molecular formula is C9H10NO3S. The van der Waals surface area contributed by atoms with Crippen molar-refractivity contribution in [3.8, 4) is 0 Å². The number of carbonyl (C=O) groups excluding carboxylic acids is 1. The lowest BCUT2D eigenvalue weighted by Gasteiger charge is -2.00. The Morgan fingerprint density at radius 1 is 1.43 bits per heavy atom.